The number of para-hydroxylation sites is 1. The Morgan fingerprint density at radius 3 is 2.59 bits per heavy atom. The number of aromatic nitrogens is 1. The minimum Gasteiger partial charge on any atom is -0.454 e. The largest absolute Gasteiger partial charge is 0.454 e. The number of hydrogen-bond acceptors (Lipinski definition) is 4. The van der Waals surface area contributed by atoms with Gasteiger partial charge in [-0.3, -0.25) is 0 Å². The molecule has 1 aliphatic rings. The summed E-state index contributed by atoms with van der Waals surface area (Å²) in [4.78, 5) is 5.84. The SMILES string of the molecule is Brc1ccccc1-c1csc(=Nc2ccccc2)n1Cc1ccc2c(c1)OCO2. The van der Waals surface area contributed by atoms with E-state index in [2.05, 4.69) is 50.1 Å². The molecule has 4 aromatic rings. The Hall–Kier alpha value is -2.83. The van der Waals surface area contributed by atoms with Crippen molar-refractivity contribution in [2.45, 2.75) is 6.54 Å². The highest BCUT2D eigenvalue weighted by Gasteiger charge is 2.16. The minimum absolute atomic E-state index is 0.279. The molecule has 0 spiro atoms. The van der Waals surface area contributed by atoms with Crippen molar-refractivity contribution in [3.8, 4) is 22.8 Å². The van der Waals surface area contributed by atoms with Crippen molar-refractivity contribution in [1.82, 2.24) is 4.57 Å². The summed E-state index contributed by atoms with van der Waals surface area (Å²) in [6.45, 7) is 0.962. The summed E-state index contributed by atoms with van der Waals surface area (Å²) in [5.41, 5.74) is 4.33. The molecular formula is C23H17BrN2O2S. The second-order valence-electron chi connectivity index (χ2n) is 6.60. The third-order valence-electron chi connectivity index (χ3n) is 4.71. The number of halogens is 1. The minimum atomic E-state index is 0.279. The van der Waals surface area contributed by atoms with Gasteiger partial charge in [0, 0.05) is 15.4 Å². The average molecular weight is 465 g/mol. The van der Waals surface area contributed by atoms with Gasteiger partial charge in [-0.2, -0.15) is 0 Å². The summed E-state index contributed by atoms with van der Waals surface area (Å²) in [5, 5.41) is 2.16. The van der Waals surface area contributed by atoms with Crippen LogP contribution in [0.3, 0.4) is 0 Å². The summed E-state index contributed by atoms with van der Waals surface area (Å²) in [7, 11) is 0. The molecule has 0 radical (unpaired) electrons. The Kier molecular flexibility index (Phi) is 4.96. The van der Waals surface area contributed by atoms with Gasteiger partial charge in [0.2, 0.25) is 6.79 Å². The molecule has 144 valence electrons. The van der Waals surface area contributed by atoms with E-state index in [0.717, 1.165) is 43.3 Å². The number of rotatable bonds is 4. The molecule has 1 aromatic heterocycles. The Labute approximate surface area is 180 Å². The van der Waals surface area contributed by atoms with Crippen LogP contribution in [0, 0.1) is 0 Å². The van der Waals surface area contributed by atoms with Crippen LogP contribution >= 0.6 is 27.3 Å². The van der Waals surface area contributed by atoms with Gasteiger partial charge in [0.15, 0.2) is 16.3 Å². The molecule has 0 N–H and O–H groups in total. The second kappa shape index (κ2) is 7.89. The van der Waals surface area contributed by atoms with Crippen molar-refractivity contribution in [3.63, 3.8) is 0 Å². The molecule has 4 nitrogen and oxygen atoms in total. The molecule has 29 heavy (non-hydrogen) atoms. The Morgan fingerprint density at radius 2 is 1.72 bits per heavy atom. The molecule has 2 heterocycles. The molecule has 0 saturated heterocycles. The van der Waals surface area contributed by atoms with Crippen molar-refractivity contribution >= 4 is 33.0 Å². The molecule has 6 heteroatoms. The van der Waals surface area contributed by atoms with E-state index < -0.39 is 0 Å². The molecule has 0 saturated carbocycles. The summed E-state index contributed by atoms with van der Waals surface area (Å²) < 4.78 is 14.3. The number of benzene rings is 3. The van der Waals surface area contributed by atoms with Crippen LogP contribution in [0.25, 0.3) is 11.3 Å². The van der Waals surface area contributed by atoms with E-state index >= 15 is 0 Å². The van der Waals surface area contributed by atoms with E-state index in [1.54, 1.807) is 11.3 Å². The maximum Gasteiger partial charge on any atom is 0.231 e. The first-order valence-electron chi connectivity index (χ1n) is 9.19. The third kappa shape index (κ3) is 3.73. The van der Waals surface area contributed by atoms with Crippen LogP contribution in [0.4, 0.5) is 5.69 Å². The molecule has 0 bridgehead atoms. The monoisotopic (exact) mass is 464 g/mol. The van der Waals surface area contributed by atoms with E-state index in [1.165, 1.54) is 0 Å². The lowest BCUT2D eigenvalue weighted by Gasteiger charge is -2.11. The summed E-state index contributed by atoms with van der Waals surface area (Å²) >= 11 is 5.33. The Morgan fingerprint density at radius 1 is 0.931 bits per heavy atom. The predicted molar refractivity (Wildman–Crippen MR) is 119 cm³/mol. The number of ether oxygens (including phenoxy) is 2. The van der Waals surface area contributed by atoms with Crippen LogP contribution in [0.5, 0.6) is 11.5 Å². The molecule has 3 aromatic carbocycles. The quantitative estimate of drug-likeness (QED) is 0.371. The topological polar surface area (TPSA) is 35.8 Å². The van der Waals surface area contributed by atoms with Gasteiger partial charge < -0.3 is 14.0 Å². The molecular weight excluding hydrogens is 448 g/mol. The first kappa shape index (κ1) is 18.2. The van der Waals surface area contributed by atoms with Crippen molar-refractivity contribution in [2.24, 2.45) is 4.99 Å². The van der Waals surface area contributed by atoms with E-state index in [4.69, 9.17) is 14.5 Å². The van der Waals surface area contributed by atoms with Crippen LogP contribution in [0.15, 0.2) is 87.6 Å². The fourth-order valence-electron chi connectivity index (χ4n) is 3.29. The molecule has 1 aliphatic heterocycles. The fraction of sp³-hybridized carbons (Fsp3) is 0.0870. The van der Waals surface area contributed by atoms with Gasteiger partial charge in [-0.25, -0.2) is 4.99 Å². The van der Waals surface area contributed by atoms with Crippen LogP contribution < -0.4 is 14.3 Å². The highest BCUT2D eigenvalue weighted by atomic mass is 79.9. The first-order chi connectivity index (χ1) is 14.3. The van der Waals surface area contributed by atoms with Gasteiger partial charge in [-0.15, -0.1) is 11.3 Å². The van der Waals surface area contributed by atoms with Gasteiger partial charge in [-0.1, -0.05) is 58.4 Å². The Balaban J connectivity index is 1.64. The smallest absolute Gasteiger partial charge is 0.231 e. The van der Waals surface area contributed by atoms with Crippen LogP contribution in [0.1, 0.15) is 5.56 Å². The third-order valence-corrected chi connectivity index (χ3v) is 6.26. The average Bonchev–Trinajstić information content (AvgIpc) is 3.36. The van der Waals surface area contributed by atoms with E-state index in [9.17, 15) is 0 Å². The number of fused-ring (bicyclic) bond motifs is 1. The Bertz CT molecular complexity index is 1230. The van der Waals surface area contributed by atoms with Gasteiger partial charge in [0.1, 0.15) is 0 Å². The lowest BCUT2D eigenvalue weighted by Crippen LogP contribution is -2.16. The van der Waals surface area contributed by atoms with Crippen LogP contribution in [-0.4, -0.2) is 11.4 Å². The van der Waals surface area contributed by atoms with Crippen molar-refractivity contribution in [1.29, 1.82) is 0 Å². The van der Waals surface area contributed by atoms with Crippen molar-refractivity contribution in [2.75, 3.05) is 6.79 Å². The van der Waals surface area contributed by atoms with Gasteiger partial charge in [0.05, 0.1) is 17.9 Å². The zero-order chi connectivity index (χ0) is 19.6. The molecule has 0 atom stereocenters. The van der Waals surface area contributed by atoms with Gasteiger partial charge >= 0.3 is 0 Å². The standard InChI is InChI=1S/C23H17BrN2O2S/c24-19-9-5-4-8-18(19)20-14-29-23(25-17-6-2-1-3-7-17)26(20)13-16-10-11-21-22(12-16)28-15-27-21/h1-12,14H,13,15H2. The highest BCUT2D eigenvalue weighted by Crippen LogP contribution is 2.34. The summed E-state index contributed by atoms with van der Waals surface area (Å²) in [6.07, 6.45) is 0. The van der Waals surface area contributed by atoms with Crippen molar-refractivity contribution < 1.29 is 9.47 Å². The molecule has 5 rings (SSSR count). The van der Waals surface area contributed by atoms with Crippen LogP contribution in [-0.2, 0) is 6.54 Å². The van der Waals surface area contributed by atoms with Gasteiger partial charge in [-0.05, 0) is 35.9 Å². The lowest BCUT2D eigenvalue weighted by atomic mass is 10.1. The predicted octanol–water partition coefficient (Wildman–Crippen LogP) is 5.99. The van der Waals surface area contributed by atoms with Crippen molar-refractivity contribution in [3.05, 3.63) is 93.0 Å². The highest BCUT2D eigenvalue weighted by molar-refractivity contribution is 9.10. The molecule has 0 fully saturated rings. The molecule has 0 aliphatic carbocycles. The first-order valence-corrected chi connectivity index (χ1v) is 10.9. The lowest BCUT2D eigenvalue weighted by molar-refractivity contribution is 0.174. The second-order valence-corrected chi connectivity index (χ2v) is 8.30. The van der Waals surface area contributed by atoms with Gasteiger partial charge in [0.25, 0.3) is 0 Å². The zero-order valence-corrected chi connectivity index (χ0v) is 17.8. The summed E-state index contributed by atoms with van der Waals surface area (Å²) in [5.74, 6) is 1.59. The van der Waals surface area contributed by atoms with Crippen LogP contribution in [0.2, 0.25) is 0 Å². The zero-order valence-electron chi connectivity index (χ0n) is 15.4. The maximum absolute atomic E-state index is 5.56. The normalized spacial score (nSPS) is 13.1. The molecule has 0 amide bonds. The van der Waals surface area contributed by atoms with E-state index in [-0.39, 0.29) is 6.79 Å². The number of nitrogens with zero attached hydrogens (tertiary/aromatic N) is 2. The number of hydrogen-bond donors (Lipinski definition) is 0. The van der Waals surface area contributed by atoms with E-state index in [0.29, 0.717) is 6.54 Å². The van der Waals surface area contributed by atoms with E-state index in [1.807, 2.05) is 48.5 Å². The summed E-state index contributed by atoms with van der Waals surface area (Å²) in [6, 6.07) is 24.4. The number of thiazole rings is 1. The molecule has 0 unspecified atom stereocenters. The fourth-order valence-corrected chi connectivity index (χ4v) is 4.70. The maximum atomic E-state index is 5.56.